The molecule has 0 saturated carbocycles. The van der Waals surface area contributed by atoms with Crippen molar-refractivity contribution < 1.29 is 9.47 Å². The normalized spacial score (nSPS) is 13.2. The Bertz CT molecular complexity index is 324. The van der Waals surface area contributed by atoms with E-state index >= 15 is 0 Å². The fourth-order valence-electron chi connectivity index (χ4n) is 1.85. The highest BCUT2D eigenvalue weighted by molar-refractivity contribution is 4.90. The molecule has 104 valence electrons. The largest absolute Gasteiger partial charge is 0.351 e. The zero-order valence-corrected chi connectivity index (χ0v) is 11.7. The molecule has 0 aliphatic rings. The predicted octanol–water partition coefficient (Wildman–Crippen LogP) is 0.828. The molecule has 0 spiro atoms. The topological polar surface area (TPSA) is 61.2 Å². The molecule has 0 fully saturated rings. The Hall–Kier alpha value is -0.980. The number of likely N-dealkylation sites (N-methyl/N-ethyl adjacent to an activating group) is 1. The maximum absolute atomic E-state index is 5.62. The van der Waals surface area contributed by atoms with Crippen molar-refractivity contribution in [2.45, 2.75) is 46.1 Å². The number of nitrogens with one attached hydrogen (secondary N) is 1. The number of ether oxygens (including phenoxy) is 2. The summed E-state index contributed by atoms with van der Waals surface area (Å²) in [5.41, 5.74) is 0. The summed E-state index contributed by atoms with van der Waals surface area (Å²) in [4.78, 5) is 4.28. The van der Waals surface area contributed by atoms with Crippen LogP contribution in [0.4, 0.5) is 0 Å². The zero-order valence-electron chi connectivity index (χ0n) is 11.7. The van der Waals surface area contributed by atoms with Gasteiger partial charge < -0.3 is 14.8 Å². The molecule has 6 heteroatoms. The van der Waals surface area contributed by atoms with E-state index in [-0.39, 0.29) is 12.3 Å². The molecule has 18 heavy (non-hydrogen) atoms. The minimum atomic E-state index is -0.257. The molecule has 0 radical (unpaired) electrons. The van der Waals surface area contributed by atoms with Crippen LogP contribution in [-0.4, -0.2) is 47.4 Å². The fraction of sp³-hybridized carbons (Fsp3) is 0.833. The van der Waals surface area contributed by atoms with Crippen LogP contribution >= 0.6 is 0 Å². The molecule has 1 aromatic heterocycles. The number of hydrogen-bond donors (Lipinski definition) is 1. The average Bonchev–Trinajstić information content (AvgIpc) is 2.83. The third kappa shape index (κ3) is 4.04. The first-order valence-corrected chi connectivity index (χ1v) is 6.53. The summed E-state index contributed by atoms with van der Waals surface area (Å²) in [6, 6.07) is 0.0689. The molecule has 0 aliphatic heterocycles. The van der Waals surface area contributed by atoms with E-state index in [1.54, 1.807) is 6.33 Å². The van der Waals surface area contributed by atoms with E-state index in [0.29, 0.717) is 13.2 Å². The first-order valence-electron chi connectivity index (χ1n) is 6.53. The molecule has 1 unspecified atom stereocenters. The van der Waals surface area contributed by atoms with E-state index in [1.807, 2.05) is 25.6 Å². The molecule has 0 bridgehead atoms. The van der Waals surface area contributed by atoms with E-state index in [1.165, 1.54) is 0 Å². The Morgan fingerprint density at radius 1 is 1.28 bits per heavy atom. The van der Waals surface area contributed by atoms with Gasteiger partial charge in [0.25, 0.3) is 0 Å². The van der Waals surface area contributed by atoms with Crippen LogP contribution in [0, 0.1) is 0 Å². The van der Waals surface area contributed by atoms with Gasteiger partial charge in [-0.25, -0.2) is 4.98 Å². The second kappa shape index (κ2) is 8.18. The van der Waals surface area contributed by atoms with Crippen LogP contribution in [0.25, 0.3) is 0 Å². The van der Waals surface area contributed by atoms with Gasteiger partial charge in [0.05, 0.1) is 6.04 Å². The minimum Gasteiger partial charge on any atom is -0.351 e. The predicted molar refractivity (Wildman–Crippen MR) is 69.3 cm³/mol. The molecule has 6 nitrogen and oxygen atoms in total. The molecule has 0 saturated heterocycles. The molecule has 1 heterocycles. The van der Waals surface area contributed by atoms with Gasteiger partial charge >= 0.3 is 0 Å². The maximum atomic E-state index is 5.62. The van der Waals surface area contributed by atoms with Crippen LogP contribution in [-0.2, 0) is 22.4 Å². The van der Waals surface area contributed by atoms with Crippen LogP contribution in [0.2, 0.25) is 0 Å². The fourth-order valence-corrected chi connectivity index (χ4v) is 1.85. The Morgan fingerprint density at radius 2 is 1.94 bits per heavy atom. The van der Waals surface area contributed by atoms with Gasteiger partial charge in [0.2, 0.25) is 0 Å². The van der Waals surface area contributed by atoms with Crippen molar-refractivity contribution in [1.29, 1.82) is 0 Å². The van der Waals surface area contributed by atoms with Crippen molar-refractivity contribution in [3.63, 3.8) is 0 Å². The molecule has 1 atom stereocenters. The van der Waals surface area contributed by atoms with Gasteiger partial charge in [-0.3, -0.25) is 4.68 Å². The first-order chi connectivity index (χ1) is 8.76. The lowest BCUT2D eigenvalue weighted by Gasteiger charge is -2.26. The van der Waals surface area contributed by atoms with Crippen LogP contribution in [0.5, 0.6) is 0 Å². The second-order valence-electron chi connectivity index (χ2n) is 3.87. The molecule has 0 amide bonds. The number of rotatable bonds is 9. The number of nitrogens with zero attached hydrogens (tertiary/aromatic N) is 3. The Morgan fingerprint density at radius 3 is 2.44 bits per heavy atom. The van der Waals surface area contributed by atoms with Crippen molar-refractivity contribution in [3.8, 4) is 0 Å². The van der Waals surface area contributed by atoms with Gasteiger partial charge in [-0.1, -0.05) is 0 Å². The van der Waals surface area contributed by atoms with Gasteiger partial charge in [-0.05, 0) is 27.8 Å². The molecular formula is C12H24N4O2. The highest BCUT2D eigenvalue weighted by Gasteiger charge is 2.23. The summed E-state index contributed by atoms with van der Waals surface area (Å²) in [5.74, 6) is 0.946. The smallest absolute Gasteiger partial charge is 0.173 e. The summed E-state index contributed by atoms with van der Waals surface area (Å²) >= 11 is 0. The van der Waals surface area contributed by atoms with Crippen LogP contribution < -0.4 is 5.32 Å². The third-order valence-electron chi connectivity index (χ3n) is 2.76. The van der Waals surface area contributed by atoms with E-state index in [9.17, 15) is 0 Å². The van der Waals surface area contributed by atoms with E-state index in [0.717, 1.165) is 18.8 Å². The van der Waals surface area contributed by atoms with Crippen LogP contribution in [0.3, 0.4) is 0 Å². The lowest BCUT2D eigenvalue weighted by atomic mass is 10.2. The lowest BCUT2D eigenvalue weighted by Crippen LogP contribution is -2.43. The van der Waals surface area contributed by atoms with Crippen molar-refractivity contribution in [3.05, 3.63) is 12.2 Å². The molecule has 1 rings (SSSR count). The molecule has 1 aromatic rings. The molecule has 1 N–H and O–H groups in total. The highest BCUT2D eigenvalue weighted by Crippen LogP contribution is 2.08. The van der Waals surface area contributed by atoms with Crippen LogP contribution in [0.15, 0.2) is 6.33 Å². The SMILES string of the molecule is CCOC(OCC)C(Cc1ncnn1CC)NC. The van der Waals surface area contributed by atoms with Gasteiger partial charge in [0, 0.05) is 26.2 Å². The Kier molecular flexibility index (Phi) is 6.85. The summed E-state index contributed by atoms with van der Waals surface area (Å²) in [6.45, 7) is 8.06. The monoisotopic (exact) mass is 256 g/mol. The summed E-state index contributed by atoms with van der Waals surface area (Å²) in [5, 5.41) is 7.40. The molecule has 0 aromatic carbocycles. The Balaban J connectivity index is 2.69. The van der Waals surface area contributed by atoms with E-state index in [2.05, 4.69) is 22.3 Å². The van der Waals surface area contributed by atoms with Gasteiger partial charge in [0.1, 0.15) is 12.2 Å². The van der Waals surface area contributed by atoms with E-state index < -0.39 is 0 Å². The standard InChI is InChI=1S/C12H24N4O2/c1-5-16-11(14-9-15-16)8-10(13-4)12(17-6-2)18-7-3/h9-10,12-13H,5-8H2,1-4H3. The zero-order chi connectivity index (χ0) is 13.4. The summed E-state index contributed by atoms with van der Waals surface area (Å²) in [6.07, 6.45) is 2.06. The van der Waals surface area contributed by atoms with Crippen LogP contribution in [0.1, 0.15) is 26.6 Å². The second-order valence-corrected chi connectivity index (χ2v) is 3.87. The number of aryl methyl sites for hydroxylation is 1. The van der Waals surface area contributed by atoms with Gasteiger partial charge in [-0.2, -0.15) is 5.10 Å². The molecular weight excluding hydrogens is 232 g/mol. The summed E-state index contributed by atoms with van der Waals surface area (Å²) in [7, 11) is 1.91. The number of aromatic nitrogens is 3. The van der Waals surface area contributed by atoms with E-state index in [4.69, 9.17) is 9.47 Å². The number of hydrogen-bond acceptors (Lipinski definition) is 5. The quantitative estimate of drug-likeness (QED) is 0.663. The van der Waals surface area contributed by atoms with Crippen molar-refractivity contribution in [1.82, 2.24) is 20.1 Å². The first kappa shape index (κ1) is 15.1. The van der Waals surface area contributed by atoms with Gasteiger partial charge in [0.15, 0.2) is 6.29 Å². The van der Waals surface area contributed by atoms with Gasteiger partial charge in [-0.15, -0.1) is 0 Å². The third-order valence-corrected chi connectivity index (χ3v) is 2.76. The summed E-state index contributed by atoms with van der Waals surface area (Å²) < 4.78 is 13.1. The minimum absolute atomic E-state index is 0.0689. The molecule has 0 aliphatic carbocycles. The maximum Gasteiger partial charge on any atom is 0.173 e. The van der Waals surface area contributed by atoms with Crippen molar-refractivity contribution in [2.75, 3.05) is 20.3 Å². The van der Waals surface area contributed by atoms with Crippen molar-refractivity contribution in [2.24, 2.45) is 0 Å². The average molecular weight is 256 g/mol. The van der Waals surface area contributed by atoms with Crippen molar-refractivity contribution >= 4 is 0 Å². The Labute approximate surface area is 109 Å². The highest BCUT2D eigenvalue weighted by atomic mass is 16.7. The lowest BCUT2D eigenvalue weighted by molar-refractivity contribution is -0.153.